The normalized spacial score (nSPS) is 10.5. The highest BCUT2D eigenvalue weighted by Gasteiger charge is 2.08. The molecule has 1 amide bonds. The molecule has 1 N–H and O–H groups in total. The number of fused-ring (bicyclic) bond motifs is 1. The number of nitriles is 1. The van der Waals surface area contributed by atoms with Crippen LogP contribution in [0.4, 0.5) is 0 Å². The summed E-state index contributed by atoms with van der Waals surface area (Å²) >= 11 is 0. The van der Waals surface area contributed by atoms with E-state index in [2.05, 4.69) is 16.4 Å². The summed E-state index contributed by atoms with van der Waals surface area (Å²) in [5, 5.41) is 12.3. The Labute approximate surface area is 150 Å². The van der Waals surface area contributed by atoms with Gasteiger partial charge in [0.25, 0.3) is 5.56 Å². The van der Waals surface area contributed by atoms with Gasteiger partial charge in [-0.1, -0.05) is 24.3 Å². The van der Waals surface area contributed by atoms with Gasteiger partial charge in [0.15, 0.2) is 0 Å². The van der Waals surface area contributed by atoms with Crippen LogP contribution in [0.25, 0.3) is 10.9 Å². The van der Waals surface area contributed by atoms with Crippen LogP contribution in [0.2, 0.25) is 0 Å². The molecule has 0 saturated heterocycles. The van der Waals surface area contributed by atoms with Crippen LogP contribution in [0.5, 0.6) is 0 Å². The van der Waals surface area contributed by atoms with E-state index < -0.39 is 0 Å². The van der Waals surface area contributed by atoms with Crippen LogP contribution in [0.15, 0.2) is 53.6 Å². The second-order valence-corrected chi connectivity index (χ2v) is 6.05. The molecule has 2 aromatic carbocycles. The summed E-state index contributed by atoms with van der Waals surface area (Å²) in [7, 11) is 0. The Bertz CT molecular complexity index is 1060. The molecule has 130 valence electrons. The third-order valence-corrected chi connectivity index (χ3v) is 4.18. The lowest BCUT2D eigenvalue weighted by Crippen LogP contribution is -2.27. The molecule has 0 spiro atoms. The maximum Gasteiger partial charge on any atom is 0.261 e. The number of carbonyl (C=O) groups excluding carboxylic acids is 1. The monoisotopic (exact) mass is 346 g/mol. The molecule has 0 saturated carbocycles. The lowest BCUT2D eigenvalue weighted by atomic mass is 10.1. The Morgan fingerprint density at radius 2 is 2.08 bits per heavy atom. The highest BCUT2D eigenvalue weighted by molar-refractivity contribution is 5.80. The van der Waals surface area contributed by atoms with Crippen LogP contribution >= 0.6 is 0 Å². The first-order chi connectivity index (χ1) is 12.6. The van der Waals surface area contributed by atoms with E-state index in [4.69, 9.17) is 5.26 Å². The zero-order valence-electron chi connectivity index (χ0n) is 14.4. The summed E-state index contributed by atoms with van der Waals surface area (Å²) in [5.41, 5.74) is 2.91. The number of para-hydroxylation sites is 1. The molecule has 0 fully saturated rings. The largest absolute Gasteiger partial charge is 0.352 e. The van der Waals surface area contributed by atoms with Crippen LogP contribution in [0.3, 0.4) is 0 Å². The molecule has 0 aliphatic carbocycles. The molecule has 0 aliphatic rings. The van der Waals surface area contributed by atoms with Crippen molar-refractivity contribution in [2.45, 2.75) is 26.4 Å². The van der Waals surface area contributed by atoms with E-state index in [-0.39, 0.29) is 24.4 Å². The zero-order chi connectivity index (χ0) is 18.5. The maximum atomic E-state index is 12.5. The third kappa shape index (κ3) is 3.78. The first-order valence-electron chi connectivity index (χ1n) is 8.29. The van der Waals surface area contributed by atoms with Gasteiger partial charge in [-0.15, -0.1) is 0 Å². The molecular weight excluding hydrogens is 328 g/mol. The number of hydrogen-bond donors (Lipinski definition) is 1. The lowest BCUT2D eigenvalue weighted by molar-refractivity contribution is -0.121. The summed E-state index contributed by atoms with van der Waals surface area (Å²) in [4.78, 5) is 28.9. The van der Waals surface area contributed by atoms with Crippen molar-refractivity contribution in [1.82, 2.24) is 14.9 Å². The van der Waals surface area contributed by atoms with Gasteiger partial charge in [-0.2, -0.15) is 5.26 Å². The average Bonchev–Trinajstić information content (AvgIpc) is 2.66. The summed E-state index contributed by atoms with van der Waals surface area (Å²) in [6.45, 7) is 2.52. The Balaban J connectivity index is 1.63. The number of amides is 1. The summed E-state index contributed by atoms with van der Waals surface area (Å²) < 4.78 is 1.46. The number of carbonyl (C=O) groups is 1. The SMILES string of the molecule is Cc1cccc2c(=O)n(CCC(=O)NCc3cccc(C#N)c3)cnc12. The molecule has 0 atom stereocenters. The molecule has 0 unspecified atom stereocenters. The van der Waals surface area contributed by atoms with Gasteiger partial charge < -0.3 is 5.32 Å². The van der Waals surface area contributed by atoms with Gasteiger partial charge >= 0.3 is 0 Å². The lowest BCUT2D eigenvalue weighted by Gasteiger charge is -2.09. The summed E-state index contributed by atoms with van der Waals surface area (Å²) in [6.07, 6.45) is 1.66. The van der Waals surface area contributed by atoms with Crippen molar-refractivity contribution in [2.75, 3.05) is 0 Å². The molecule has 26 heavy (non-hydrogen) atoms. The highest BCUT2D eigenvalue weighted by Crippen LogP contribution is 2.11. The predicted octanol–water partition coefficient (Wildman–Crippen LogP) is 2.28. The minimum atomic E-state index is -0.163. The summed E-state index contributed by atoms with van der Waals surface area (Å²) in [5.74, 6) is -0.163. The minimum Gasteiger partial charge on any atom is -0.352 e. The Kier molecular flexibility index (Phi) is 5.09. The summed E-state index contributed by atoms with van der Waals surface area (Å²) in [6, 6.07) is 14.6. The molecule has 0 bridgehead atoms. The van der Waals surface area contributed by atoms with Gasteiger partial charge in [-0.05, 0) is 36.2 Å². The highest BCUT2D eigenvalue weighted by atomic mass is 16.1. The van der Waals surface area contributed by atoms with Crippen molar-refractivity contribution in [1.29, 1.82) is 5.26 Å². The van der Waals surface area contributed by atoms with Crippen molar-refractivity contribution in [2.24, 2.45) is 0 Å². The zero-order valence-corrected chi connectivity index (χ0v) is 14.4. The smallest absolute Gasteiger partial charge is 0.261 e. The fraction of sp³-hybridized carbons (Fsp3) is 0.200. The van der Waals surface area contributed by atoms with Gasteiger partial charge in [0.1, 0.15) is 0 Å². The van der Waals surface area contributed by atoms with Crippen LogP contribution in [-0.2, 0) is 17.9 Å². The molecule has 3 rings (SSSR count). The van der Waals surface area contributed by atoms with Crippen molar-refractivity contribution in [3.63, 3.8) is 0 Å². The molecule has 0 aliphatic heterocycles. The van der Waals surface area contributed by atoms with Gasteiger partial charge in [0.2, 0.25) is 5.91 Å². The molecule has 1 heterocycles. The molecule has 3 aromatic rings. The van der Waals surface area contributed by atoms with E-state index in [0.29, 0.717) is 23.0 Å². The van der Waals surface area contributed by atoms with Crippen LogP contribution < -0.4 is 10.9 Å². The van der Waals surface area contributed by atoms with E-state index in [1.807, 2.05) is 25.1 Å². The van der Waals surface area contributed by atoms with E-state index in [9.17, 15) is 9.59 Å². The fourth-order valence-electron chi connectivity index (χ4n) is 2.76. The number of hydrogen-bond acceptors (Lipinski definition) is 4. The first kappa shape index (κ1) is 17.4. The fourth-order valence-corrected chi connectivity index (χ4v) is 2.76. The van der Waals surface area contributed by atoms with Gasteiger partial charge in [-0.3, -0.25) is 14.2 Å². The average molecular weight is 346 g/mol. The topological polar surface area (TPSA) is 87.8 Å². The standard InChI is InChI=1S/C20H18N4O2/c1-14-4-2-7-17-19(14)23-13-24(20(17)26)9-8-18(25)22-12-16-6-3-5-15(10-16)11-21/h2-7,10,13H,8-9,12H2,1H3,(H,22,25). The van der Waals surface area contributed by atoms with Gasteiger partial charge in [0.05, 0.1) is 28.9 Å². The van der Waals surface area contributed by atoms with Crippen LogP contribution in [0, 0.1) is 18.3 Å². The molecule has 0 radical (unpaired) electrons. The van der Waals surface area contributed by atoms with E-state index in [1.54, 1.807) is 24.3 Å². The Morgan fingerprint density at radius 1 is 1.27 bits per heavy atom. The number of nitrogens with zero attached hydrogens (tertiary/aromatic N) is 3. The second-order valence-electron chi connectivity index (χ2n) is 6.05. The molecule has 6 nitrogen and oxygen atoms in total. The van der Waals surface area contributed by atoms with E-state index in [0.717, 1.165) is 11.1 Å². The number of aryl methyl sites for hydroxylation is 2. The molecule has 6 heteroatoms. The number of benzene rings is 2. The third-order valence-electron chi connectivity index (χ3n) is 4.18. The van der Waals surface area contributed by atoms with Crippen molar-refractivity contribution < 1.29 is 4.79 Å². The quantitative estimate of drug-likeness (QED) is 0.768. The van der Waals surface area contributed by atoms with Crippen molar-refractivity contribution in [3.05, 3.63) is 75.8 Å². The minimum absolute atomic E-state index is 0.145. The van der Waals surface area contributed by atoms with Gasteiger partial charge in [-0.25, -0.2) is 4.98 Å². The first-order valence-corrected chi connectivity index (χ1v) is 8.29. The number of rotatable bonds is 5. The Hall–Kier alpha value is -3.46. The van der Waals surface area contributed by atoms with E-state index in [1.165, 1.54) is 10.9 Å². The van der Waals surface area contributed by atoms with Crippen molar-refractivity contribution in [3.8, 4) is 6.07 Å². The van der Waals surface area contributed by atoms with Crippen LogP contribution in [-0.4, -0.2) is 15.5 Å². The van der Waals surface area contributed by atoms with E-state index >= 15 is 0 Å². The number of aromatic nitrogens is 2. The predicted molar refractivity (Wildman–Crippen MR) is 98.4 cm³/mol. The van der Waals surface area contributed by atoms with Crippen molar-refractivity contribution >= 4 is 16.8 Å². The number of nitrogens with one attached hydrogen (secondary N) is 1. The Morgan fingerprint density at radius 3 is 2.88 bits per heavy atom. The van der Waals surface area contributed by atoms with Crippen LogP contribution in [0.1, 0.15) is 23.1 Å². The maximum absolute atomic E-state index is 12.5. The molecule has 1 aromatic heterocycles. The van der Waals surface area contributed by atoms with Gasteiger partial charge in [0, 0.05) is 19.5 Å². The molecular formula is C20H18N4O2. The second kappa shape index (κ2) is 7.62.